The van der Waals surface area contributed by atoms with Gasteiger partial charge < -0.3 is 10.2 Å². The Hall–Kier alpha value is -1.44. The lowest BCUT2D eigenvalue weighted by Crippen LogP contribution is -2.45. The fourth-order valence-electron chi connectivity index (χ4n) is 2.86. The third-order valence-corrected chi connectivity index (χ3v) is 4.99. The Morgan fingerprint density at radius 3 is 2.70 bits per heavy atom. The fraction of sp³-hybridized carbons (Fsp3) is 0.600. The fourth-order valence-corrected chi connectivity index (χ4v) is 3.58. The summed E-state index contributed by atoms with van der Waals surface area (Å²) in [4.78, 5) is 14.4. The molecule has 3 heterocycles. The van der Waals surface area contributed by atoms with Crippen LogP contribution in [0.3, 0.4) is 0 Å². The minimum absolute atomic E-state index is 0. The zero-order valence-electron chi connectivity index (χ0n) is 14.7. The molecule has 2 aromatic rings. The summed E-state index contributed by atoms with van der Waals surface area (Å²) in [6.07, 6.45) is -1.08. The number of likely N-dealkylation sites (tertiary alicyclic amines) is 1. The Kier molecular flexibility index (Phi) is 7.82. The molecule has 150 valence electrons. The summed E-state index contributed by atoms with van der Waals surface area (Å²) in [7, 11) is 0. The van der Waals surface area contributed by atoms with Crippen LogP contribution in [-0.4, -0.2) is 50.7 Å². The zero-order chi connectivity index (χ0) is 18.6. The first-order valence-corrected chi connectivity index (χ1v) is 9.25. The van der Waals surface area contributed by atoms with Crippen molar-refractivity contribution in [1.82, 2.24) is 30.4 Å². The maximum Gasteiger partial charge on any atom is 0.434 e. The van der Waals surface area contributed by atoms with Crippen molar-refractivity contribution in [2.24, 2.45) is 4.99 Å². The van der Waals surface area contributed by atoms with Gasteiger partial charge in [0, 0.05) is 30.9 Å². The Morgan fingerprint density at radius 2 is 2.15 bits per heavy atom. The molecule has 7 nitrogen and oxygen atoms in total. The van der Waals surface area contributed by atoms with Gasteiger partial charge in [-0.2, -0.15) is 18.3 Å². The molecule has 0 aliphatic carbocycles. The number of aromatic nitrogens is 4. The average Bonchev–Trinajstić information content (AvgIpc) is 3.30. The molecule has 0 bridgehead atoms. The molecule has 0 amide bonds. The topological polar surface area (TPSA) is 82.1 Å². The van der Waals surface area contributed by atoms with Crippen molar-refractivity contribution in [3.63, 3.8) is 0 Å². The van der Waals surface area contributed by atoms with E-state index in [1.807, 2.05) is 6.92 Å². The van der Waals surface area contributed by atoms with Gasteiger partial charge in [-0.15, -0.1) is 35.3 Å². The Bertz CT molecular complexity index is 724. The first-order valence-electron chi connectivity index (χ1n) is 8.37. The van der Waals surface area contributed by atoms with Gasteiger partial charge in [-0.05, 0) is 19.8 Å². The highest BCUT2D eigenvalue weighted by molar-refractivity contribution is 14.0. The highest BCUT2D eigenvalue weighted by Crippen LogP contribution is 2.30. The van der Waals surface area contributed by atoms with Crippen LogP contribution in [0, 0.1) is 0 Å². The van der Waals surface area contributed by atoms with Gasteiger partial charge in [-0.1, -0.05) is 0 Å². The van der Waals surface area contributed by atoms with Crippen LogP contribution in [0.25, 0.3) is 0 Å². The first kappa shape index (κ1) is 21.9. The van der Waals surface area contributed by atoms with E-state index in [9.17, 15) is 13.2 Å². The molecule has 1 aliphatic heterocycles. The molecule has 2 aromatic heterocycles. The van der Waals surface area contributed by atoms with Crippen molar-refractivity contribution >= 4 is 41.3 Å². The molecule has 0 radical (unpaired) electrons. The van der Waals surface area contributed by atoms with Crippen molar-refractivity contribution in [3.8, 4) is 0 Å². The molecule has 3 rings (SSSR count). The minimum Gasteiger partial charge on any atom is -0.357 e. The summed E-state index contributed by atoms with van der Waals surface area (Å²) >= 11 is 0.978. The van der Waals surface area contributed by atoms with Gasteiger partial charge in [0.25, 0.3) is 0 Å². The molecule has 0 atom stereocenters. The van der Waals surface area contributed by atoms with Crippen LogP contribution in [0.5, 0.6) is 0 Å². The van der Waals surface area contributed by atoms with Gasteiger partial charge in [0.2, 0.25) is 0 Å². The highest BCUT2D eigenvalue weighted by atomic mass is 127. The van der Waals surface area contributed by atoms with E-state index in [0.717, 1.165) is 48.5 Å². The number of halogens is 4. The zero-order valence-corrected chi connectivity index (χ0v) is 17.8. The van der Waals surface area contributed by atoms with Crippen molar-refractivity contribution in [3.05, 3.63) is 28.2 Å². The van der Waals surface area contributed by atoms with Gasteiger partial charge >= 0.3 is 6.18 Å². The van der Waals surface area contributed by atoms with E-state index in [-0.39, 0.29) is 30.5 Å². The minimum atomic E-state index is -4.41. The van der Waals surface area contributed by atoms with E-state index in [2.05, 4.69) is 35.4 Å². The van der Waals surface area contributed by atoms with Crippen LogP contribution in [0.2, 0.25) is 0 Å². The summed E-state index contributed by atoms with van der Waals surface area (Å²) in [6.45, 7) is 4.37. The van der Waals surface area contributed by atoms with Gasteiger partial charge in [-0.25, -0.2) is 15.0 Å². The third-order valence-electron chi connectivity index (χ3n) is 4.16. The van der Waals surface area contributed by atoms with Crippen LogP contribution in [-0.2, 0) is 12.7 Å². The number of nitrogens with one attached hydrogen (secondary N) is 2. The molecule has 1 fully saturated rings. The molecular weight excluding hydrogens is 494 g/mol. The second-order valence-electron chi connectivity index (χ2n) is 5.93. The number of aromatic amines is 1. The molecule has 0 aromatic carbocycles. The van der Waals surface area contributed by atoms with Gasteiger partial charge in [-0.3, -0.25) is 5.10 Å². The first-order chi connectivity index (χ1) is 12.5. The number of H-pyrrole nitrogens is 1. The van der Waals surface area contributed by atoms with E-state index in [4.69, 9.17) is 0 Å². The second kappa shape index (κ2) is 9.66. The number of piperidine rings is 1. The lowest BCUT2D eigenvalue weighted by Gasteiger charge is -2.33. The lowest BCUT2D eigenvalue weighted by atomic mass is 9.96. The maximum atomic E-state index is 12.6. The van der Waals surface area contributed by atoms with Crippen LogP contribution in [0.1, 0.15) is 42.2 Å². The number of hydrogen-bond donors (Lipinski definition) is 2. The number of aliphatic imine (C=N–C) groups is 1. The molecule has 12 heteroatoms. The van der Waals surface area contributed by atoms with Crippen LogP contribution in [0.4, 0.5) is 13.2 Å². The predicted octanol–water partition coefficient (Wildman–Crippen LogP) is 3.24. The van der Waals surface area contributed by atoms with Gasteiger partial charge in [0.15, 0.2) is 11.7 Å². The largest absolute Gasteiger partial charge is 0.434 e. The molecule has 1 aliphatic rings. The molecule has 0 saturated carbocycles. The summed E-state index contributed by atoms with van der Waals surface area (Å²) in [5, 5.41) is 11.4. The van der Waals surface area contributed by atoms with E-state index >= 15 is 0 Å². The third kappa shape index (κ3) is 5.77. The lowest BCUT2D eigenvalue weighted by molar-refractivity contribution is -0.140. The van der Waals surface area contributed by atoms with E-state index in [0.29, 0.717) is 23.4 Å². The molecule has 1 saturated heterocycles. The number of rotatable bonds is 4. The van der Waals surface area contributed by atoms with Crippen LogP contribution in [0.15, 0.2) is 16.7 Å². The van der Waals surface area contributed by atoms with E-state index in [1.165, 1.54) is 6.33 Å². The molecule has 2 N–H and O–H groups in total. The number of thiazole rings is 1. The molecular formula is C15H21F3IN7S. The Labute approximate surface area is 175 Å². The van der Waals surface area contributed by atoms with Crippen molar-refractivity contribution in [1.29, 1.82) is 0 Å². The number of hydrogen-bond acceptors (Lipinski definition) is 5. The van der Waals surface area contributed by atoms with E-state index in [1.54, 1.807) is 0 Å². The predicted molar refractivity (Wildman–Crippen MR) is 107 cm³/mol. The van der Waals surface area contributed by atoms with Crippen LogP contribution < -0.4 is 5.32 Å². The number of alkyl halides is 3. The van der Waals surface area contributed by atoms with Crippen molar-refractivity contribution in [2.45, 2.75) is 38.4 Å². The molecule has 0 spiro atoms. The van der Waals surface area contributed by atoms with Gasteiger partial charge in [0.05, 0.1) is 6.54 Å². The SMILES string of the molecule is CCNC(=NCc1nc(C(F)(F)F)cs1)N1CCC(c2ncn[nH]2)CC1.I. The highest BCUT2D eigenvalue weighted by Gasteiger charge is 2.33. The molecule has 27 heavy (non-hydrogen) atoms. The summed E-state index contributed by atoms with van der Waals surface area (Å²) in [5.41, 5.74) is -0.856. The molecule has 0 unspecified atom stereocenters. The van der Waals surface area contributed by atoms with Crippen LogP contribution >= 0.6 is 35.3 Å². The Morgan fingerprint density at radius 1 is 1.41 bits per heavy atom. The average molecular weight is 515 g/mol. The summed E-state index contributed by atoms with van der Waals surface area (Å²) in [6, 6.07) is 0. The van der Waals surface area contributed by atoms with Gasteiger partial charge in [0.1, 0.15) is 17.2 Å². The second-order valence-corrected chi connectivity index (χ2v) is 6.87. The van der Waals surface area contributed by atoms with E-state index < -0.39 is 11.9 Å². The maximum absolute atomic E-state index is 12.6. The summed E-state index contributed by atoms with van der Waals surface area (Å²) in [5.74, 6) is 1.94. The quantitative estimate of drug-likeness (QED) is 0.372. The number of guanidine groups is 1. The number of nitrogens with zero attached hydrogens (tertiary/aromatic N) is 5. The standard InChI is InChI=1S/C15H20F3N7S.HI/c1-2-19-14(20-7-12-23-11(8-26-12)15(16,17)18)25-5-3-10(4-6-25)13-21-9-22-24-13;/h8-10H,2-7H2,1H3,(H,19,20)(H,21,22,24);1H. The van der Waals surface area contributed by atoms with Crippen molar-refractivity contribution in [2.75, 3.05) is 19.6 Å². The normalized spacial score (nSPS) is 16.3. The summed E-state index contributed by atoms with van der Waals surface area (Å²) < 4.78 is 37.9. The smallest absolute Gasteiger partial charge is 0.357 e. The Balaban J connectivity index is 0.00000261. The van der Waals surface area contributed by atoms with Crippen molar-refractivity contribution < 1.29 is 13.2 Å². The monoisotopic (exact) mass is 515 g/mol.